The van der Waals surface area contributed by atoms with Crippen molar-refractivity contribution in [3.05, 3.63) is 53.1 Å². The van der Waals surface area contributed by atoms with Gasteiger partial charge in [0.25, 0.3) is 5.91 Å². The summed E-state index contributed by atoms with van der Waals surface area (Å²) in [4.78, 5) is 20.2. The lowest BCUT2D eigenvalue weighted by Gasteiger charge is -2.18. The maximum atomic E-state index is 12.1. The van der Waals surface area contributed by atoms with E-state index >= 15 is 0 Å². The number of hydrogen-bond acceptors (Lipinski definition) is 4. The predicted octanol–water partition coefficient (Wildman–Crippen LogP) is 1.68. The van der Waals surface area contributed by atoms with Gasteiger partial charge in [0.1, 0.15) is 5.69 Å². The maximum Gasteiger partial charge on any atom is 0.275 e. The van der Waals surface area contributed by atoms with Gasteiger partial charge in [0.05, 0.1) is 11.9 Å². The Balaban J connectivity index is 1.77. The number of fused-ring (bicyclic) bond motifs is 1. The number of rotatable bonds is 2. The molecular weight excluding hydrogens is 252 g/mol. The molecule has 0 aliphatic carbocycles. The second-order valence-corrected chi connectivity index (χ2v) is 4.91. The summed E-state index contributed by atoms with van der Waals surface area (Å²) in [7, 11) is 0. The zero-order valence-electron chi connectivity index (χ0n) is 11.3. The second kappa shape index (κ2) is 5.38. The molecule has 0 atom stereocenters. The second-order valence-electron chi connectivity index (χ2n) is 4.91. The maximum absolute atomic E-state index is 12.1. The standard InChI is InChI=1S/C15H16N4O/c1-10-7-18-14(9-17-10)15(20)19-13-3-2-11-4-5-16-8-12(11)6-13/h2-3,6-7,9,16H,4-5,8H2,1H3,(H,19,20). The number of aromatic nitrogens is 2. The Hall–Kier alpha value is -2.27. The van der Waals surface area contributed by atoms with E-state index in [9.17, 15) is 4.79 Å². The SMILES string of the molecule is Cc1cnc(C(=O)Nc2ccc3c(c2)CNCC3)cn1. The minimum atomic E-state index is -0.235. The largest absolute Gasteiger partial charge is 0.321 e. The summed E-state index contributed by atoms with van der Waals surface area (Å²) in [5.41, 5.74) is 4.49. The van der Waals surface area contributed by atoms with Crippen LogP contribution in [-0.2, 0) is 13.0 Å². The van der Waals surface area contributed by atoms with E-state index in [1.807, 2.05) is 19.1 Å². The average Bonchev–Trinajstić information content (AvgIpc) is 2.48. The molecule has 0 spiro atoms. The van der Waals surface area contributed by atoms with E-state index in [4.69, 9.17) is 0 Å². The van der Waals surface area contributed by atoms with Gasteiger partial charge in [-0.15, -0.1) is 0 Å². The summed E-state index contributed by atoms with van der Waals surface area (Å²) in [6.45, 7) is 3.70. The van der Waals surface area contributed by atoms with Crippen LogP contribution in [0.15, 0.2) is 30.6 Å². The first-order valence-corrected chi connectivity index (χ1v) is 6.65. The Kier molecular flexibility index (Phi) is 3.43. The lowest BCUT2D eigenvalue weighted by molar-refractivity contribution is 0.102. The van der Waals surface area contributed by atoms with Crippen molar-refractivity contribution in [3.8, 4) is 0 Å². The zero-order valence-corrected chi connectivity index (χ0v) is 11.3. The summed E-state index contributed by atoms with van der Waals surface area (Å²) in [6, 6.07) is 6.03. The van der Waals surface area contributed by atoms with Crippen molar-refractivity contribution < 1.29 is 4.79 Å². The van der Waals surface area contributed by atoms with E-state index in [1.54, 1.807) is 6.20 Å². The molecule has 102 valence electrons. The van der Waals surface area contributed by atoms with Crippen LogP contribution in [0.3, 0.4) is 0 Å². The fourth-order valence-electron chi connectivity index (χ4n) is 2.26. The van der Waals surface area contributed by atoms with Crippen LogP contribution in [0.5, 0.6) is 0 Å². The molecule has 0 saturated carbocycles. The van der Waals surface area contributed by atoms with Crippen molar-refractivity contribution in [1.82, 2.24) is 15.3 Å². The molecule has 1 aromatic carbocycles. The smallest absolute Gasteiger partial charge is 0.275 e. The molecule has 0 unspecified atom stereocenters. The number of hydrogen-bond donors (Lipinski definition) is 2. The summed E-state index contributed by atoms with van der Waals surface area (Å²) >= 11 is 0. The highest BCUT2D eigenvalue weighted by atomic mass is 16.1. The molecule has 0 radical (unpaired) electrons. The van der Waals surface area contributed by atoms with E-state index in [0.29, 0.717) is 5.69 Å². The van der Waals surface area contributed by atoms with Crippen molar-refractivity contribution >= 4 is 11.6 Å². The Morgan fingerprint density at radius 3 is 2.95 bits per heavy atom. The number of nitrogens with zero attached hydrogens (tertiary/aromatic N) is 2. The molecule has 1 amide bonds. The molecule has 5 heteroatoms. The lowest BCUT2D eigenvalue weighted by atomic mass is 10.0. The van der Waals surface area contributed by atoms with Gasteiger partial charge in [0, 0.05) is 18.4 Å². The van der Waals surface area contributed by atoms with Crippen LogP contribution in [0.25, 0.3) is 0 Å². The molecule has 0 fully saturated rings. The van der Waals surface area contributed by atoms with Crippen LogP contribution < -0.4 is 10.6 Å². The van der Waals surface area contributed by atoms with Crippen LogP contribution in [-0.4, -0.2) is 22.4 Å². The highest BCUT2D eigenvalue weighted by Gasteiger charge is 2.11. The van der Waals surface area contributed by atoms with E-state index < -0.39 is 0 Å². The van der Waals surface area contributed by atoms with Gasteiger partial charge in [-0.2, -0.15) is 0 Å². The first-order chi connectivity index (χ1) is 9.72. The van der Waals surface area contributed by atoms with Crippen LogP contribution >= 0.6 is 0 Å². The van der Waals surface area contributed by atoms with E-state index in [0.717, 1.165) is 30.9 Å². The third-order valence-corrected chi connectivity index (χ3v) is 3.36. The topological polar surface area (TPSA) is 66.9 Å². The zero-order chi connectivity index (χ0) is 13.9. The molecule has 3 rings (SSSR count). The molecule has 1 aliphatic heterocycles. The Morgan fingerprint density at radius 1 is 1.25 bits per heavy atom. The number of nitrogens with one attached hydrogen (secondary N) is 2. The molecule has 1 aromatic heterocycles. The van der Waals surface area contributed by atoms with Crippen molar-refractivity contribution in [2.45, 2.75) is 19.9 Å². The van der Waals surface area contributed by atoms with Crippen LogP contribution in [0.2, 0.25) is 0 Å². The minimum absolute atomic E-state index is 0.235. The quantitative estimate of drug-likeness (QED) is 0.869. The highest BCUT2D eigenvalue weighted by molar-refractivity contribution is 6.02. The number of carbonyl (C=O) groups is 1. The number of carbonyl (C=O) groups excluding carboxylic acids is 1. The van der Waals surface area contributed by atoms with Gasteiger partial charge in [-0.05, 0) is 43.1 Å². The minimum Gasteiger partial charge on any atom is -0.321 e. The van der Waals surface area contributed by atoms with E-state index in [-0.39, 0.29) is 5.91 Å². The summed E-state index contributed by atoms with van der Waals surface area (Å²) in [5.74, 6) is -0.235. The first-order valence-electron chi connectivity index (χ1n) is 6.65. The van der Waals surface area contributed by atoms with Crippen LogP contribution in [0.4, 0.5) is 5.69 Å². The van der Waals surface area contributed by atoms with Crippen LogP contribution in [0.1, 0.15) is 27.3 Å². The highest BCUT2D eigenvalue weighted by Crippen LogP contribution is 2.19. The van der Waals surface area contributed by atoms with Gasteiger partial charge < -0.3 is 10.6 Å². The molecule has 1 aliphatic rings. The van der Waals surface area contributed by atoms with Gasteiger partial charge in [-0.1, -0.05) is 6.07 Å². The molecule has 2 N–H and O–H groups in total. The predicted molar refractivity (Wildman–Crippen MR) is 76.6 cm³/mol. The molecule has 5 nitrogen and oxygen atoms in total. The summed E-state index contributed by atoms with van der Waals surface area (Å²) in [6.07, 6.45) is 4.11. The fraction of sp³-hybridized carbons (Fsp3) is 0.267. The monoisotopic (exact) mass is 268 g/mol. The Labute approximate surface area is 117 Å². The Bertz CT molecular complexity index is 637. The van der Waals surface area contributed by atoms with Gasteiger partial charge in [-0.25, -0.2) is 4.98 Å². The van der Waals surface area contributed by atoms with Gasteiger partial charge in [0.15, 0.2) is 0 Å². The molecule has 2 aromatic rings. The summed E-state index contributed by atoms with van der Waals surface area (Å²) < 4.78 is 0. The molecule has 0 bridgehead atoms. The average molecular weight is 268 g/mol. The number of benzene rings is 1. The molecule has 0 saturated heterocycles. The van der Waals surface area contributed by atoms with E-state index in [2.05, 4.69) is 26.7 Å². The van der Waals surface area contributed by atoms with E-state index in [1.165, 1.54) is 17.3 Å². The van der Waals surface area contributed by atoms with Gasteiger partial charge >= 0.3 is 0 Å². The fourth-order valence-corrected chi connectivity index (χ4v) is 2.26. The van der Waals surface area contributed by atoms with Crippen molar-refractivity contribution in [1.29, 1.82) is 0 Å². The normalized spacial score (nSPS) is 13.7. The molecule has 20 heavy (non-hydrogen) atoms. The number of amides is 1. The van der Waals surface area contributed by atoms with Crippen LogP contribution in [0, 0.1) is 6.92 Å². The van der Waals surface area contributed by atoms with Crippen molar-refractivity contribution in [2.75, 3.05) is 11.9 Å². The number of anilines is 1. The van der Waals surface area contributed by atoms with Gasteiger partial charge in [0.2, 0.25) is 0 Å². The third kappa shape index (κ3) is 2.67. The van der Waals surface area contributed by atoms with Crippen molar-refractivity contribution in [3.63, 3.8) is 0 Å². The summed E-state index contributed by atoms with van der Waals surface area (Å²) in [5, 5.41) is 6.18. The third-order valence-electron chi connectivity index (χ3n) is 3.36. The lowest BCUT2D eigenvalue weighted by Crippen LogP contribution is -2.23. The Morgan fingerprint density at radius 2 is 2.15 bits per heavy atom. The first kappa shape index (κ1) is 12.7. The van der Waals surface area contributed by atoms with Gasteiger partial charge in [-0.3, -0.25) is 9.78 Å². The van der Waals surface area contributed by atoms with Crippen molar-refractivity contribution in [2.24, 2.45) is 0 Å². The molecule has 2 heterocycles. The number of aryl methyl sites for hydroxylation is 1. The molecular formula is C15H16N4O.